The molecule has 26 heavy (non-hydrogen) atoms. The van der Waals surface area contributed by atoms with Gasteiger partial charge in [0.25, 0.3) is 5.91 Å². The molecule has 0 aliphatic carbocycles. The lowest BCUT2D eigenvalue weighted by atomic mass is 10.3. The summed E-state index contributed by atoms with van der Waals surface area (Å²) in [4.78, 5) is 21.3. The highest BCUT2D eigenvalue weighted by Gasteiger charge is 2.20. The molecule has 0 unspecified atom stereocenters. The van der Waals surface area contributed by atoms with E-state index < -0.39 is 0 Å². The molecule has 0 saturated heterocycles. The van der Waals surface area contributed by atoms with Gasteiger partial charge in [0.2, 0.25) is 0 Å². The second-order valence-electron chi connectivity index (χ2n) is 6.27. The Morgan fingerprint density at radius 2 is 1.77 bits per heavy atom. The summed E-state index contributed by atoms with van der Waals surface area (Å²) in [5.41, 5.74) is 0.918. The molecule has 0 fully saturated rings. The first-order valence-corrected chi connectivity index (χ1v) is 9.43. The van der Waals surface area contributed by atoms with Crippen molar-refractivity contribution in [2.75, 3.05) is 38.7 Å². The fourth-order valence-electron chi connectivity index (χ4n) is 2.59. The molecule has 0 N–H and O–H groups in total. The van der Waals surface area contributed by atoms with E-state index in [4.69, 9.17) is 4.74 Å². The summed E-state index contributed by atoms with van der Waals surface area (Å²) in [5.74, 6) is 0.616. The fourth-order valence-corrected chi connectivity index (χ4v) is 3.60. The van der Waals surface area contributed by atoms with E-state index in [2.05, 4.69) is 9.88 Å². The topological polar surface area (TPSA) is 45.7 Å². The van der Waals surface area contributed by atoms with Gasteiger partial charge in [0.05, 0.1) is 10.2 Å². The highest BCUT2D eigenvalue weighted by atomic mass is 32.1. The zero-order valence-electron chi connectivity index (χ0n) is 15.1. The Balaban J connectivity index is 1.74. The fraction of sp³-hybridized carbons (Fsp3) is 0.300. The van der Waals surface area contributed by atoms with Crippen LogP contribution in [0.2, 0.25) is 0 Å². The van der Waals surface area contributed by atoms with Crippen LogP contribution in [0.25, 0.3) is 10.2 Å². The Bertz CT molecular complexity index is 815. The molecule has 0 saturated carbocycles. The molecule has 0 aliphatic rings. The quantitative estimate of drug-likeness (QED) is 0.608. The monoisotopic (exact) mass is 369 g/mol. The molecule has 3 aromatic rings. The normalized spacial score (nSPS) is 11.0. The van der Waals surface area contributed by atoms with Gasteiger partial charge in [0.1, 0.15) is 5.75 Å². The van der Waals surface area contributed by atoms with Crippen molar-refractivity contribution in [3.05, 3.63) is 54.6 Å². The third kappa shape index (κ3) is 4.80. The van der Waals surface area contributed by atoms with Crippen molar-refractivity contribution < 1.29 is 9.53 Å². The number of carbonyl (C=O) groups is 1. The summed E-state index contributed by atoms with van der Waals surface area (Å²) in [6.07, 6.45) is 0.875. The molecule has 0 bridgehead atoms. The van der Waals surface area contributed by atoms with Crippen molar-refractivity contribution in [3.8, 4) is 5.75 Å². The Morgan fingerprint density at radius 3 is 2.50 bits per heavy atom. The number of hydrogen-bond acceptors (Lipinski definition) is 5. The van der Waals surface area contributed by atoms with E-state index in [0.29, 0.717) is 12.3 Å². The van der Waals surface area contributed by atoms with Gasteiger partial charge < -0.3 is 9.64 Å². The number of ether oxygens (including phenoxy) is 1. The standard InChI is InChI=1S/C20H23N3O2S/c1-22(2)13-8-14-23(19(24)15-25-16-9-4-3-5-10-16)20-21-17-11-6-7-12-18(17)26-20/h3-7,9-12H,8,13-15H2,1-2H3. The van der Waals surface area contributed by atoms with Crippen LogP contribution in [0, 0.1) is 0 Å². The van der Waals surface area contributed by atoms with Crippen molar-refractivity contribution in [3.63, 3.8) is 0 Å². The Morgan fingerprint density at radius 1 is 1.04 bits per heavy atom. The van der Waals surface area contributed by atoms with Crippen molar-refractivity contribution in [1.29, 1.82) is 0 Å². The molecule has 136 valence electrons. The van der Waals surface area contributed by atoms with Crippen LogP contribution in [0.15, 0.2) is 54.6 Å². The first kappa shape index (κ1) is 18.4. The Hall–Kier alpha value is -2.44. The number of hydrogen-bond donors (Lipinski definition) is 0. The van der Waals surface area contributed by atoms with Gasteiger partial charge in [-0.1, -0.05) is 41.7 Å². The van der Waals surface area contributed by atoms with Crippen LogP contribution in [0.3, 0.4) is 0 Å². The third-order valence-electron chi connectivity index (χ3n) is 3.91. The van der Waals surface area contributed by atoms with Crippen molar-refractivity contribution in [2.45, 2.75) is 6.42 Å². The molecule has 0 aliphatic heterocycles. The molecule has 1 heterocycles. The van der Waals surface area contributed by atoms with Gasteiger partial charge in [0, 0.05) is 6.54 Å². The first-order valence-electron chi connectivity index (χ1n) is 8.62. The van der Waals surface area contributed by atoms with E-state index in [0.717, 1.165) is 28.3 Å². The van der Waals surface area contributed by atoms with Gasteiger partial charge >= 0.3 is 0 Å². The van der Waals surface area contributed by atoms with Crippen LogP contribution in [0.1, 0.15) is 6.42 Å². The molecule has 2 aromatic carbocycles. The summed E-state index contributed by atoms with van der Waals surface area (Å²) in [6, 6.07) is 17.3. The molecule has 0 atom stereocenters. The molecule has 1 aromatic heterocycles. The zero-order chi connectivity index (χ0) is 18.4. The second-order valence-corrected chi connectivity index (χ2v) is 7.28. The molecular formula is C20H23N3O2S. The van der Waals surface area contributed by atoms with Gasteiger partial charge in [-0.05, 0) is 51.3 Å². The number of nitrogens with zero attached hydrogens (tertiary/aromatic N) is 3. The minimum absolute atomic E-state index is 0.00189. The zero-order valence-corrected chi connectivity index (χ0v) is 15.9. The minimum Gasteiger partial charge on any atom is -0.484 e. The highest BCUT2D eigenvalue weighted by Crippen LogP contribution is 2.29. The number of thiazole rings is 1. The van der Waals surface area contributed by atoms with Crippen LogP contribution in [0.5, 0.6) is 5.75 Å². The number of para-hydroxylation sites is 2. The van der Waals surface area contributed by atoms with Gasteiger partial charge in [0.15, 0.2) is 11.7 Å². The van der Waals surface area contributed by atoms with E-state index >= 15 is 0 Å². The molecule has 1 amide bonds. The summed E-state index contributed by atoms with van der Waals surface area (Å²) in [7, 11) is 4.06. The molecule has 3 rings (SSSR count). The smallest absolute Gasteiger partial charge is 0.266 e. The minimum atomic E-state index is -0.0772. The van der Waals surface area contributed by atoms with Crippen molar-refractivity contribution in [1.82, 2.24) is 9.88 Å². The maximum absolute atomic E-state index is 12.8. The van der Waals surface area contributed by atoms with Crippen molar-refractivity contribution >= 4 is 32.6 Å². The SMILES string of the molecule is CN(C)CCCN(C(=O)COc1ccccc1)c1nc2ccccc2s1. The van der Waals surface area contributed by atoms with Crippen LogP contribution in [-0.2, 0) is 4.79 Å². The van der Waals surface area contributed by atoms with Gasteiger partial charge in [-0.2, -0.15) is 0 Å². The number of amides is 1. The predicted molar refractivity (Wildman–Crippen MR) is 107 cm³/mol. The van der Waals surface area contributed by atoms with Crippen molar-refractivity contribution in [2.24, 2.45) is 0 Å². The van der Waals surface area contributed by atoms with E-state index in [1.165, 1.54) is 11.3 Å². The summed E-state index contributed by atoms with van der Waals surface area (Å²) in [6.45, 7) is 1.53. The predicted octanol–water partition coefficient (Wildman–Crippen LogP) is 3.66. The lowest BCUT2D eigenvalue weighted by Gasteiger charge is -2.21. The Labute approximate surface area is 157 Å². The lowest BCUT2D eigenvalue weighted by Crippen LogP contribution is -2.36. The summed E-state index contributed by atoms with van der Waals surface area (Å²) < 4.78 is 6.73. The second kappa shape index (κ2) is 8.78. The summed E-state index contributed by atoms with van der Waals surface area (Å²) in [5, 5.41) is 0.728. The van der Waals surface area contributed by atoms with E-state index in [1.807, 2.05) is 68.7 Å². The number of aromatic nitrogens is 1. The number of rotatable bonds is 8. The number of carbonyl (C=O) groups excluding carboxylic acids is 1. The molecule has 0 spiro atoms. The Kier molecular flexibility index (Phi) is 6.20. The molecular weight excluding hydrogens is 346 g/mol. The average Bonchev–Trinajstić information content (AvgIpc) is 3.07. The van der Waals surface area contributed by atoms with E-state index in [9.17, 15) is 4.79 Å². The number of fused-ring (bicyclic) bond motifs is 1. The van der Waals surface area contributed by atoms with Crippen LogP contribution < -0.4 is 9.64 Å². The molecule has 5 nitrogen and oxygen atoms in total. The largest absolute Gasteiger partial charge is 0.484 e. The van der Waals surface area contributed by atoms with E-state index in [-0.39, 0.29) is 12.5 Å². The van der Waals surface area contributed by atoms with Gasteiger partial charge in [-0.25, -0.2) is 4.98 Å². The maximum atomic E-state index is 12.8. The van der Waals surface area contributed by atoms with Crippen LogP contribution in [-0.4, -0.2) is 49.6 Å². The van der Waals surface area contributed by atoms with Gasteiger partial charge in [-0.3, -0.25) is 9.69 Å². The third-order valence-corrected chi connectivity index (χ3v) is 4.97. The van der Waals surface area contributed by atoms with Crippen LogP contribution in [0.4, 0.5) is 5.13 Å². The van der Waals surface area contributed by atoms with Crippen LogP contribution >= 0.6 is 11.3 Å². The molecule has 6 heteroatoms. The average molecular weight is 369 g/mol. The number of anilines is 1. The lowest BCUT2D eigenvalue weighted by molar-refractivity contribution is -0.120. The molecule has 0 radical (unpaired) electrons. The summed E-state index contributed by atoms with van der Waals surface area (Å²) >= 11 is 1.54. The highest BCUT2D eigenvalue weighted by molar-refractivity contribution is 7.22. The maximum Gasteiger partial charge on any atom is 0.266 e. The van der Waals surface area contributed by atoms with E-state index in [1.54, 1.807) is 4.90 Å². The van der Waals surface area contributed by atoms with Gasteiger partial charge in [-0.15, -0.1) is 0 Å². The number of benzene rings is 2. The first-order chi connectivity index (χ1) is 12.6.